The number of nitrogens with zero attached hydrogens (tertiary/aromatic N) is 2. The number of nitrogens with two attached hydrogens (primary N) is 1. The summed E-state index contributed by atoms with van der Waals surface area (Å²) in [4.78, 5) is 4.33. The smallest absolute Gasteiger partial charge is 0.201 e. The van der Waals surface area contributed by atoms with Crippen LogP contribution in [-0.2, 0) is 11.3 Å². The fraction of sp³-hybridized carbons (Fsp3) is 0.417. The van der Waals surface area contributed by atoms with Crippen LogP contribution < -0.4 is 5.73 Å². The van der Waals surface area contributed by atoms with Gasteiger partial charge in [0.1, 0.15) is 0 Å². The molecule has 1 aromatic heterocycles. The summed E-state index contributed by atoms with van der Waals surface area (Å²) in [5, 5.41) is 0.700. The molecule has 2 heterocycles. The summed E-state index contributed by atoms with van der Waals surface area (Å²) in [5.74, 6) is 1.03. The summed E-state index contributed by atoms with van der Waals surface area (Å²) in [6.07, 6.45) is 1.07. The van der Waals surface area contributed by atoms with Gasteiger partial charge in [-0.25, -0.2) is 4.98 Å². The van der Waals surface area contributed by atoms with E-state index in [4.69, 9.17) is 22.1 Å². The Morgan fingerprint density at radius 3 is 3.18 bits per heavy atom. The molecule has 0 saturated carbocycles. The van der Waals surface area contributed by atoms with Crippen LogP contribution >= 0.6 is 11.6 Å². The second kappa shape index (κ2) is 4.20. The van der Waals surface area contributed by atoms with E-state index in [2.05, 4.69) is 4.98 Å². The van der Waals surface area contributed by atoms with Gasteiger partial charge in [0.05, 0.1) is 22.7 Å². The number of nitrogen functional groups attached to an aromatic ring is 1. The molecule has 2 aromatic rings. The third-order valence-electron chi connectivity index (χ3n) is 3.21. The van der Waals surface area contributed by atoms with Crippen molar-refractivity contribution in [1.29, 1.82) is 0 Å². The van der Waals surface area contributed by atoms with Gasteiger partial charge in [0.15, 0.2) is 0 Å². The van der Waals surface area contributed by atoms with E-state index in [-0.39, 0.29) is 0 Å². The Bertz CT molecular complexity index is 546. The maximum absolute atomic E-state index is 6.21. The second-order valence-electron chi connectivity index (χ2n) is 4.42. The summed E-state index contributed by atoms with van der Waals surface area (Å²) in [7, 11) is 0. The molecular weight excluding hydrogens is 238 g/mol. The van der Waals surface area contributed by atoms with Crippen molar-refractivity contribution in [1.82, 2.24) is 9.55 Å². The molecule has 0 spiro atoms. The molecule has 1 saturated heterocycles. The van der Waals surface area contributed by atoms with E-state index in [1.807, 2.05) is 22.8 Å². The molecule has 0 bridgehead atoms. The Labute approximate surface area is 104 Å². The zero-order valence-corrected chi connectivity index (χ0v) is 10.2. The van der Waals surface area contributed by atoms with Gasteiger partial charge >= 0.3 is 0 Å². The first-order valence-corrected chi connectivity index (χ1v) is 6.11. The molecule has 1 aliphatic rings. The van der Waals surface area contributed by atoms with Gasteiger partial charge in [-0.2, -0.15) is 0 Å². The Morgan fingerprint density at radius 2 is 2.41 bits per heavy atom. The Morgan fingerprint density at radius 1 is 1.53 bits per heavy atom. The van der Waals surface area contributed by atoms with E-state index >= 15 is 0 Å². The lowest BCUT2D eigenvalue weighted by Gasteiger charge is -2.11. The Hall–Kier alpha value is -1.26. The lowest BCUT2D eigenvalue weighted by atomic mass is 10.1. The van der Waals surface area contributed by atoms with Gasteiger partial charge in [-0.1, -0.05) is 17.7 Å². The highest BCUT2D eigenvalue weighted by Gasteiger charge is 2.19. The number of hydrogen-bond acceptors (Lipinski definition) is 3. The molecule has 5 heteroatoms. The molecule has 17 heavy (non-hydrogen) atoms. The standard InChI is InChI=1S/C12H14ClN3O/c13-9-2-1-3-10-11(9)16(12(14)15-10)6-8-4-5-17-7-8/h1-3,8H,4-7H2,(H2,14,15). The topological polar surface area (TPSA) is 53.1 Å². The van der Waals surface area contributed by atoms with Gasteiger partial charge < -0.3 is 15.0 Å². The lowest BCUT2D eigenvalue weighted by molar-refractivity contribution is 0.183. The average Bonchev–Trinajstić information content (AvgIpc) is 2.89. The SMILES string of the molecule is Nc1nc2cccc(Cl)c2n1CC1CCOC1. The normalized spacial score (nSPS) is 20.2. The number of fused-ring (bicyclic) bond motifs is 1. The highest BCUT2D eigenvalue weighted by Crippen LogP contribution is 2.27. The fourth-order valence-corrected chi connectivity index (χ4v) is 2.60. The second-order valence-corrected chi connectivity index (χ2v) is 4.82. The molecular formula is C12H14ClN3O. The summed E-state index contributed by atoms with van der Waals surface area (Å²) in [6.45, 7) is 2.46. The van der Waals surface area contributed by atoms with Crippen LogP contribution in [0.15, 0.2) is 18.2 Å². The molecule has 0 radical (unpaired) electrons. The lowest BCUT2D eigenvalue weighted by Crippen LogP contribution is -2.12. The number of rotatable bonds is 2. The van der Waals surface area contributed by atoms with Crippen LogP contribution in [0.3, 0.4) is 0 Å². The van der Waals surface area contributed by atoms with Crippen molar-refractivity contribution in [3.8, 4) is 0 Å². The molecule has 1 atom stereocenters. The first-order valence-electron chi connectivity index (χ1n) is 5.73. The van der Waals surface area contributed by atoms with Crippen molar-refractivity contribution < 1.29 is 4.74 Å². The Balaban J connectivity index is 2.04. The number of ether oxygens (including phenoxy) is 1. The van der Waals surface area contributed by atoms with Crippen LogP contribution in [0.4, 0.5) is 5.95 Å². The molecule has 0 amide bonds. The quantitative estimate of drug-likeness (QED) is 0.891. The monoisotopic (exact) mass is 251 g/mol. The van der Waals surface area contributed by atoms with E-state index in [1.54, 1.807) is 0 Å². The largest absolute Gasteiger partial charge is 0.381 e. The molecule has 4 nitrogen and oxygen atoms in total. The fourth-order valence-electron chi connectivity index (χ4n) is 2.33. The zero-order valence-electron chi connectivity index (χ0n) is 9.40. The molecule has 90 valence electrons. The highest BCUT2D eigenvalue weighted by atomic mass is 35.5. The van der Waals surface area contributed by atoms with E-state index in [0.29, 0.717) is 16.9 Å². The van der Waals surface area contributed by atoms with Gasteiger partial charge in [-0.3, -0.25) is 0 Å². The third kappa shape index (κ3) is 1.87. The van der Waals surface area contributed by atoms with E-state index in [0.717, 1.165) is 37.2 Å². The molecule has 1 unspecified atom stereocenters. The van der Waals surface area contributed by atoms with Crippen LogP contribution in [0.25, 0.3) is 11.0 Å². The van der Waals surface area contributed by atoms with Crippen LogP contribution in [-0.4, -0.2) is 22.8 Å². The number of imidazole rings is 1. The van der Waals surface area contributed by atoms with Crippen molar-refractivity contribution in [3.63, 3.8) is 0 Å². The van der Waals surface area contributed by atoms with Crippen molar-refractivity contribution in [2.75, 3.05) is 18.9 Å². The van der Waals surface area contributed by atoms with Crippen LogP contribution in [0.1, 0.15) is 6.42 Å². The maximum Gasteiger partial charge on any atom is 0.201 e. The van der Waals surface area contributed by atoms with Gasteiger partial charge in [-0.15, -0.1) is 0 Å². The predicted molar refractivity (Wildman–Crippen MR) is 68.1 cm³/mol. The van der Waals surface area contributed by atoms with Crippen molar-refractivity contribution in [2.45, 2.75) is 13.0 Å². The zero-order chi connectivity index (χ0) is 11.8. The molecule has 2 N–H and O–H groups in total. The third-order valence-corrected chi connectivity index (χ3v) is 3.52. The number of para-hydroxylation sites is 1. The van der Waals surface area contributed by atoms with Crippen LogP contribution in [0, 0.1) is 5.92 Å². The highest BCUT2D eigenvalue weighted by molar-refractivity contribution is 6.35. The summed E-state index contributed by atoms with van der Waals surface area (Å²) in [5.41, 5.74) is 7.74. The van der Waals surface area contributed by atoms with Crippen molar-refractivity contribution >= 4 is 28.6 Å². The van der Waals surface area contributed by atoms with E-state index in [9.17, 15) is 0 Å². The molecule has 3 rings (SSSR count). The van der Waals surface area contributed by atoms with Gasteiger partial charge in [0.2, 0.25) is 5.95 Å². The minimum absolute atomic E-state index is 0.506. The van der Waals surface area contributed by atoms with Crippen molar-refractivity contribution in [3.05, 3.63) is 23.2 Å². The van der Waals surface area contributed by atoms with Gasteiger partial charge in [0.25, 0.3) is 0 Å². The molecule has 0 aliphatic carbocycles. The number of anilines is 1. The molecule has 1 aromatic carbocycles. The van der Waals surface area contributed by atoms with Crippen LogP contribution in [0.2, 0.25) is 5.02 Å². The predicted octanol–water partition coefficient (Wildman–Crippen LogP) is 2.31. The van der Waals surface area contributed by atoms with Gasteiger partial charge in [-0.05, 0) is 18.6 Å². The summed E-state index contributed by atoms with van der Waals surface area (Å²) >= 11 is 6.21. The first-order chi connectivity index (χ1) is 8.25. The molecule has 1 fully saturated rings. The van der Waals surface area contributed by atoms with E-state index < -0.39 is 0 Å². The minimum atomic E-state index is 0.506. The number of benzene rings is 1. The van der Waals surface area contributed by atoms with Gasteiger partial charge in [0, 0.05) is 19.1 Å². The van der Waals surface area contributed by atoms with Crippen LogP contribution in [0.5, 0.6) is 0 Å². The van der Waals surface area contributed by atoms with E-state index in [1.165, 1.54) is 0 Å². The minimum Gasteiger partial charge on any atom is -0.381 e. The maximum atomic E-state index is 6.21. The summed E-state index contributed by atoms with van der Waals surface area (Å²) < 4.78 is 7.38. The van der Waals surface area contributed by atoms with Crippen molar-refractivity contribution in [2.24, 2.45) is 5.92 Å². The number of hydrogen-bond donors (Lipinski definition) is 1. The number of halogens is 1. The Kier molecular flexibility index (Phi) is 2.68. The first kappa shape index (κ1) is 10.9. The molecule has 1 aliphatic heterocycles. The summed E-state index contributed by atoms with van der Waals surface area (Å²) in [6, 6.07) is 5.69. The average molecular weight is 252 g/mol. The number of aromatic nitrogens is 2.